The lowest BCUT2D eigenvalue weighted by molar-refractivity contribution is -0.144. The van der Waals surface area contributed by atoms with Gasteiger partial charge in [0.25, 0.3) is 0 Å². The molecule has 0 radical (unpaired) electrons. The van der Waals surface area contributed by atoms with Crippen molar-refractivity contribution in [2.24, 2.45) is 11.8 Å². The van der Waals surface area contributed by atoms with Gasteiger partial charge in [-0.25, -0.2) is 26.3 Å². The van der Waals surface area contributed by atoms with Crippen molar-refractivity contribution >= 4 is 32.0 Å². The van der Waals surface area contributed by atoms with Crippen LogP contribution in [0.5, 0.6) is 0 Å². The number of sulfonamides is 2. The first kappa shape index (κ1) is 33.2. The topological polar surface area (TPSA) is 145 Å². The van der Waals surface area contributed by atoms with Gasteiger partial charge in [-0.15, -0.1) is 0 Å². The van der Waals surface area contributed by atoms with E-state index in [1.807, 2.05) is 13.8 Å². The molecule has 2 unspecified atom stereocenters. The molecule has 2 N–H and O–H groups in total. The minimum atomic E-state index is -3.91. The fourth-order valence-electron chi connectivity index (χ4n) is 4.07. The fourth-order valence-corrected chi connectivity index (χ4v) is 6.69. The third-order valence-corrected chi connectivity index (χ3v) is 9.85. The molecule has 10 nitrogen and oxygen atoms in total. The maximum absolute atomic E-state index is 13.0. The predicted octanol–water partition coefficient (Wildman–Crippen LogP) is 3.56. The standard InChI is InChI=1S/C30H38N2O8S2/c1-21-11-15-25(16-12-21)41(35,36)31-27-19-39-29(33)10-6-8-24(4)28(20-40-30(34)9-5-7-23(27)3)32-42(37,38)26-17-13-22(2)14-18-26/h5-8,11-18,23-24,27-28,31-32H,9-10,19-20H2,1-4H3/t23-,24-,27?,28?/m1/s1. The van der Waals surface area contributed by atoms with E-state index in [1.54, 1.807) is 62.4 Å². The predicted molar refractivity (Wildman–Crippen MR) is 158 cm³/mol. The molecule has 2 aromatic carbocycles. The van der Waals surface area contributed by atoms with E-state index in [9.17, 15) is 26.4 Å². The van der Waals surface area contributed by atoms with Crippen LogP contribution in [-0.4, -0.2) is 54.1 Å². The molecule has 0 aliphatic carbocycles. The number of esters is 2. The third kappa shape index (κ3) is 9.90. The molecule has 228 valence electrons. The molecular formula is C30H38N2O8S2. The van der Waals surface area contributed by atoms with Crippen molar-refractivity contribution in [1.82, 2.24) is 9.44 Å². The first-order chi connectivity index (χ1) is 19.8. The summed E-state index contributed by atoms with van der Waals surface area (Å²) in [6.45, 7) is 6.70. The number of hydrogen-bond acceptors (Lipinski definition) is 8. The van der Waals surface area contributed by atoms with Gasteiger partial charge in [-0.3, -0.25) is 9.59 Å². The van der Waals surface area contributed by atoms with E-state index in [0.29, 0.717) is 0 Å². The molecule has 3 rings (SSSR count). The molecule has 2 aromatic rings. The number of hydrogen-bond donors (Lipinski definition) is 2. The van der Waals surface area contributed by atoms with Gasteiger partial charge in [-0.2, -0.15) is 0 Å². The van der Waals surface area contributed by atoms with Crippen LogP contribution in [0.3, 0.4) is 0 Å². The molecule has 0 saturated heterocycles. The zero-order chi connectivity index (χ0) is 30.9. The van der Waals surface area contributed by atoms with Gasteiger partial charge in [0.2, 0.25) is 20.0 Å². The number of aryl methyl sites for hydroxylation is 2. The number of cyclic esters (lactones) is 2. The number of benzene rings is 2. The summed E-state index contributed by atoms with van der Waals surface area (Å²) in [4.78, 5) is 25.2. The monoisotopic (exact) mass is 618 g/mol. The van der Waals surface area contributed by atoms with Crippen molar-refractivity contribution < 1.29 is 35.9 Å². The van der Waals surface area contributed by atoms with Gasteiger partial charge in [0.1, 0.15) is 13.2 Å². The molecule has 1 aliphatic rings. The minimum Gasteiger partial charge on any atom is -0.464 e. The summed E-state index contributed by atoms with van der Waals surface area (Å²) in [5, 5.41) is 0. The van der Waals surface area contributed by atoms with E-state index >= 15 is 0 Å². The van der Waals surface area contributed by atoms with Gasteiger partial charge in [0.05, 0.1) is 34.7 Å². The van der Waals surface area contributed by atoms with Crippen LogP contribution in [0, 0.1) is 25.7 Å². The second-order valence-corrected chi connectivity index (χ2v) is 13.9. The molecule has 1 heterocycles. The number of rotatable bonds is 6. The molecule has 42 heavy (non-hydrogen) atoms. The molecule has 0 amide bonds. The van der Waals surface area contributed by atoms with Gasteiger partial charge in [0.15, 0.2) is 0 Å². The van der Waals surface area contributed by atoms with Gasteiger partial charge in [-0.05, 0) is 49.9 Å². The molecule has 0 saturated carbocycles. The van der Waals surface area contributed by atoms with Crippen molar-refractivity contribution in [3.05, 3.63) is 84.0 Å². The smallest absolute Gasteiger partial charge is 0.309 e. The van der Waals surface area contributed by atoms with Crippen LogP contribution in [0.15, 0.2) is 82.6 Å². The Labute approximate surface area is 248 Å². The van der Waals surface area contributed by atoms with Crippen molar-refractivity contribution in [3.63, 3.8) is 0 Å². The highest BCUT2D eigenvalue weighted by molar-refractivity contribution is 7.89. The summed E-state index contributed by atoms with van der Waals surface area (Å²) in [6, 6.07) is 11.1. The highest BCUT2D eigenvalue weighted by Crippen LogP contribution is 2.17. The fraction of sp³-hybridized carbons (Fsp3) is 0.400. The van der Waals surface area contributed by atoms with E-state index in [-0.39, 0.29) is 35.8 Å². The Kier molecular flexibility index (Phi) is 11.6. The summed E-state index contributed by atoms with van der Waals surface area (Å²) in [5.74, 6) is -2.07. The molecule has 0 aromatic heterocycles. The normalized spacial score (nSPS) is 23.2. The van der Waals surface area contributed by atoms with Gasteiger partial charge in [0, 0.05) is 0 Å². The Morgan fingerprint density at radius 1 is 0.619 bits per heavy atom. The average molecular weight is 619 g/mol. The third-order valence-electron chi connectivity index (χ3n) is 6.84. The molecule has 0 fully saturated rings. The molecule has 0 bridgehead atoms. The quantitative estimate of drug-likeness (QED) is 0.369. The lowest BCUT2D eigenvalue weighted by atomic mass is 10.0. The lowest BCUT2D eigenvalue weighted by Gasteiger charge is -2.24. The van der Waals surface area contributed by atoms with Crippen LogP contribution < -0.4 is 9.44 Å². The summed E-state index contributed by atoms with van der Waals surface area (Å²) < 4.78 is 68.1. The number of carbonyl (C=O) groups excluding carboxylic acids is 2. The van der Waals surface area contributed by atoms with Crippen molar-refractivity contribution in [1.29, 1.82) is 0 Å². The summed E-state index contributed by atoms with van der Waals surface area (Å²) >= 11 is 0. The zero-order valence-corrected chi connectivity index (χ0v) is 25.8. The van der Waals surface area contributed by atoms with Crippen LogP contribution in [-0.2, 0) is 39.1 Å². The van der Waals surface area contributed by atoms with E-state index in [0.717, 1.165) is 11.1 Å². The Balaban J connectivity index is 1.76. The lowest BCUT2D eigenvalue weighted by Crippen LogP contribution is -2.43. The van der Waals surface area contributed by atoms with E-state index in [2.05, 4.69) is 9.44 Å². The van der Waals surface area contributed by atoms with E-state index in [4.69, 9.17) is 9.47 Å². The van der Waals surface area contributed by atoms with Crippen molar-refractivity contribution in [2.75, 3.05) is 13.2 Å². The highest BCUT2D eigenvalue weighted by atomic mass is 32.2. The van der Waals surface area contributed by atoms with Gasteiger partial charge >= 0.3 is 11.9 Å². The number of ether oxygens (including phenoxy) is 2. The molecule has 12 heteroatoms. The van der Waals surface area contributed by atoms with Crippen LogP contribution in [0.2, 0.25) is 0 Å². The van der Waals surface area contributed by atoms with Gasteiger partial charge < -0.3 is 9.47 Å². The second kappa shape index (κ2) is 14.7. The Hall–Kier alpha value is -3.32. The molecule has 4 atom stereocenters. The van der Waals surface area contributed by atoms with Crippen LogP contribution in [0.1, 0.15) is 37.8 Å². The minimum absolute atomic E-state index is 0.0794. The Morgan fingerprint density at radius 3 is 1.29 bits per heavy atom. The largest absolute Gasteiger partial charge is 0.464 e. The zero-order valence-electron chi connectivity index (χ0n) is 24.1. The van der Waals surface area contributed by atoms with E-state index in [1.165, 1.54) is 24.3 Å². The first-order valence-corrected chi connectivity index (χ1v) is 16.6. The summed E-state index contributed by atoms with van der Waals surface area (Å²) in [5.41, 5.74) is 1.82. The molecule has 0 spiro atoms. The van der Waals surface area contributed by atoms with E-state index < -0.39 is 55.9 Å². The van der Waals surface area contributed by atoms with Crippen molar-refractivity contribution in [2.45, 2.75) is 62.4 Å². The summed E-state index contributed by atoms with van der Waals surface area (Å²) in [6.07, 6.45) is 6.13. The molecule has 1 aliphatic heterocycles. The number of nitrogens with one attached hydrogen (secondary N) is 2. The van der Waals surface area contributed by atoms with Gasteiger partial charge in [-0.1, -0.05) is 73.5 Å². The molecular weight excluding hydrogens is 580 g/mol. The second-order valence-electron chi connectivity index (χ2n) is 10.4. The summed E-state index contributed by atoms with van der Waals surface area (Å²) in [7, 11) is -7.83. The number of carbonyl (C=O) groups is 2. The average Bonchev–Trinajstić information content (AvgIpc) is 2.93. The highest BCUT2D eigenvalue weighted by Gasteiger charge is 2.27. The van der Waals surface area contributed by atoms with Crippen molar-refractivity contribution in [3.8, 4) is 0 Å². The Bertz CT molecular complexity index is 1380. The van der Waals surface area contributed by atoms with Crippen LogP contribution in [0.4, 0.5) is 0 Å². The first-order valence-electron chi connectivity index (χ1n) is 13.6. The van der Waals surface area contributed by atoms with Crippen LogP contribution >= 0.6 is 0 Å². The SMILES string of the molecule is Cc1ccc(S(=O)(=O)NC2COC(=O)CC=C[C@@H](C)C(NS(=O)(=O)c3ccc(C)cc3)COC(=O)CC=C[C@H]2C)cc1. The maximum Gasteiger partial charge on any atom is 0.309 e. The van der Waals surface area contributed by atoms with Crippen LogP contribution in [0.25, 0.3) is 0 Å². The Morgan fingerprint density at radius 2 is 0.952 bits per heavy atom. The maximum atomic E-state index is 13.0.